The van der Waals surface area contributed by atoms with Gasteiger partial charge in [0.2, 0.25) is 5.13 Å². The number of nitrogens with zero attached hydrogens (tertiary/aromatic N) is 4. The molecular weight excluding hydrogens is 703 g/mol. The quantitative estimate of drug-likeness (QED) is 0.0769. The van der Waals surface area contributed by atoms with E-state index in [9.17, 15) is 13.7 Å². The second-order valence-electron chi connectivity index (χ2n) is 11.6. The summed E-state index contributed by atoms with van der Waals surface area (Å²) >= 11 is 0.911. The summed E-state index contributed by atoms with van der Waals surface area (Å²) in [6.45, 7) is 5.91. The first-order chi connectivity index (χ1) is 25.4. The largest absolute Gasteiger partial charge is 0.455 e. The molecule has 0 fully saturated rings. The summed E-state index contributed by atoms with van der Waals surface area (Å²) in [7, 11) is -2.36. The van der Waals surface area contributed by atoms with Gasteiger partial charge in [0.25, 0.3) is 10.0 Å². The molecule has 0 aliphatic carbocycles. The summed E-state index contributed by atoms with van der Waals surface area (Å²) in [5.74, 6) is 0.724. The van der Waals surface area contributed by atoms with Gasteiger partial charge in [-0.1, -0.05) is 35.9 Å². The summed E-state index contributed by atoms with van der Waals surface area (Å²) < 4.78 is 60.1. The van der Waals surface area contributed by atoms with E-state index < -0.39 is 10.0 Å². The monoisotopic (exact) mass is 743 g/mol. The Bertz CT molecular complexity index is 2040. The number of nitrogens with one attached hydrogen (secondary N) is 1. The Morgan fingerprint density at radius 1 is 0.788 bits per heavy atom. The minimum Gasteiger partial charge on any atom is -0.455 e. The zero-order valence-electron chi connectivity index (χ0n) is 29.1. The van der Waals surface area contributed by atoms with Crippen molar-refractivity contribution in [3.63, 3.8) is 0 Å². The van der Waals surface area contributed by atoms with Crippen LogP contribution in [0.25, 0.3) is 22.3 Å². The van der Waals surface area contributed by atoms with Crippen LogP contribution in [0.2, 0.25) is 0 Å². The van der Waals surface area contributed by atoms with Gasteiger partial charge < -0.3 is 23.7 Å². The van der Waals surface area contributed by atoms with Gasteiger partial charge in [-0.15, -0.1) is 0 Å². The number of benzene rings is 3. The minimum atomic E-state index is -4.00. The molecule has 1 N–H and O–H groups in total. The number of methoxy groups -OCH3 is 1. The van der Waals surface area contributed by atoms with Gasteiger partial charge in [0.15, 0.2) is 0 Å². The van der Waals surface area contributed by atoms with Crippen LogP contribution in [0.3, 0.4) is 0 Å². The van der Waals surface area contributed by atoms with Crippen LogP contribution in [0.15, 0.2) is 90.2 Å². The average Bonchev–Trinajstić information content (AvgIpc) is 3.66. The highest BCUT2D eigenvalue weighted by Gasteiger charge is 2.20. The molecule has 272 valence electrons. The first kappa shape index (κ1) is 38.5. The molecule has 3 aromatic carbocycles. The molecule has 0 bridgehead atoms. The zero-order valence-corrected chi connectivity index (χ0v) is 30.8. The predicted octanol–water partition coefficient (Wildman–Crippen LogP) is 7.06. The van der Waals surface area contributed by atoms with Crippen molar-refractivity contribution >= 4 is 26.7 Å². The average molecular weight is 744 g/mol. The van der Waals surface area contributed by atoms with Gasteiger partial charge in [0, 0.05) is 42.7 Å². The molecule has 5 rings (SSSR count). The van der Waals surface area contributed by atoms with Gasteiger partial charge in [-0.3, -0.25) is 9.71 Å². The number of pyridine rings is 1. The van der Waals surface area contributed by atoms with E-state index in [1.165, 1.54) is 24.5 Å². The lowest BCUT2D eigenvalue weighted by Gasteiger charge is -2.16. The van der Waals surface area contributed by atoms with Crippen molar-refractivity contribution in [1.82, 2.24) is 14.3 Å². The molecule has 0 saturated carbocycles. The lowest BCUT2D eigenvalue weighted by molar-refractivity contribution is 0.00328. The molecule has 0 aliphatic heterocycles. The molecule has 52 heavy (non-hydrogen) atoms. The summed E-state index contributed by atoms with van der Waals surface area (Å²) in [5, 5.41) is 10.1. The first-order valence-corrected chi connectivity index (χ1v) is 19.0. The molecule has 0 unspecified atom stereocenters. The maximum Gasteiger partial charge on any atom is 0.263 e. The van der Waals surface area contributed by atoms with E-state index in [0.29, 0.717) is 52.0 Å². The predicted molar refractivity (Wildman–Crippen MR) is 199 cm³/mol. The number of anilines is 1. The fourth-order valence-electron chi connectivity index (χ4n) is 5.19. The van der Waals surface area contributed by atoms with Crippen molar-refractivity contribution in [2.75, 3.05) is 58.1 Å². The Labute approximate surface area is 308 Å². The lowest BCUT2D eigenvalue weighted by atomic mass is 9.97. The number of aromatic nitrogens is 3. The molecule has 0 radical (unpaired) electrons. The Kier molecular flexibility index (Phi) is 14.6. The van der Waals surface area contributed by atoms with Crippen LogP contribution in [0.4, 0.5) is 5.13 Å². The summed E-state index contributed by atoms with van der Waals surface area (Å²) in [6, 6.07) is 24.3. The second kappa shape index (κ2) is 19.7. The third-order valence-electron chi connectivity index (χ3n) is 7.79. The number of rotatable bonds is 21. The van der Waals surface area contributed by atoms with E-state index in [2.05, 4.69) is 56.3 Å². The number of sulfonamides is 1. The smallest absolute Gasteiger partial charge is 0.263 e. The van der Waals surface area contributed by atoms with Gasteiger partial charge in [-0.05, 0) is 85.3 Å². The van der Waals surface area contributed by atoms with Crippen molar-refractivity contribution in [1.29, 1.82) is 5.26 Å². The number of nitriles is 1. The van der Waals surface area contributed by atoms with Gasteiger partial charge in [-0.25, -0.2) is 13.4 Å². The number of unbranched alkanes of at least 4 members (excludes halogenated alkanes) is 1. The molecule has 0 aliphatic rings. The molecule has 5 aromatic rings. The molecule has 0 amide bonds. The van der Waals surface area contributed by atoms with E-state index in [4.69, 9.17) is 23.7 Å². The third kappa shape index (κ3) is 11.4. The van der Waals surface area contributed by atoms with Crippen LogP contribution in [0.5, 0.6) is 11.5 Å². The fourth-order valence-corrected chi connectivity index (χ4v) is 6.88. The molecule has 0 atom stereocenters. The van der Waals surface area contributed by atoms with Gasteiger partial charge in [0.05, 0.1) is 50.1 Å². The van der Waals surface area contributed by atoms with Crippen molar-refractivity contribution in [2.24, 2.45) is 0 Å². The molecule has 12 nitrogen and oxygen atoms in total. The van der Waals surface area contributed by atoms with Crippen molar-refractivity contribution in [2.45, 2.75) is 31.1 Å². The molecule has 14 heteroatoms. The highest BCUT2D eigenvalue weighted by atomic mass is 32.2. The number of aryl methyl sites for hydroxylation is 2. The molecular formula is C38H41N5O7S2. The zero-order chi connectivity index (χ0) is 36.6. The van der Waals surface area contributed by atoms with E-state index >= 15 is 0 Å². The highest BCUT2D eigenvalue weighted by molar-refractivity contribution is 7.93. The number of hydrogen-bond donors (Lipinski definition) is 1. The normalized spacial score (nSPS) is 11.3. The maximum absolute atomic E-state index is 13.0. The van der Waals surface area contributed by atoms with Crippen LogP contribution in [-0.2, 0) is 35.4 Å². The number of ether oxygens (including phenoxy) is 5. The number of hydrogen-bond acceptors (Lipinski definition) is 12. The Hall–Kier alpha value is -4.75. The van der Waals surface area contributed by atoms with Gasteiger partial charge >= 0.3 is 0 Å². The fraction of sp³-hybridized carbons (Fsp3) is 0.316. The van der Waals surface area contributed by atoms with Crippen molar-refractivity contribution in [3.05, 3.63) is 102 Å². The SMILES string of the molecule is COCCOCCOCCOCCCCc1cc(-c2cc(-c3cccc(C)c3)ccc2Oc2ccc(S(=O)(=O)Nc3ncns3)cc2C#N)ccn1. The Morgan fingerprint density at radius 3 is 2.27 bits per heavy atom. The summed E-state index contributed by atoms with van der Waals surface area (Å²) in [4.78, 5) is 8.39. The lowest BCUT2D eigenvalue weighted by Crippen LogP contribution is -2.13. The van der Waals surface area contributed by atoms with E-state index in [-0.39, 0.29) is 21.3 Å². The van der Waals surface area contributed by atoms with Gasteiger partial charge in [0.1, 0.15) is 23.9 Å². The van der Waals surface area contributed by atoms with E-state index in [1.54, 1.807) is 13.3 Å². The topological polar surface area (TPSA) is 155 Å². The van der Waals surface area contributed by atoms with Crippen LogP contribution >= 0.6 is 11.5 Å². The molecule has 0 saturated heterocycles. The first-order valence-electron chi connectivity index (χ1n) is 16.8. The minimum absolute atomic E-state index is 0.0602. The standard InChI is InChI=1S/C38H41N5O7S2/c1-28-6-5-7-29(22-28)30-9-11-37(50-36-12-10-34(24-32(36)26-39)52(44,45)43-38-41-27-42-51-38)35(25-30)31-13-14-40-33(23-31)8-3-4-15-47-18-19-49-21-20-48-17-16-46-2/h5-7,9-14,22-25,27H,3-4,8,15-21H2,1-2H3,(H,41,42,43). The van der Waals surface area contributed by atoms with E-state index in [1.807, 2.05) is 30.3 Å². The third-order valence-corrected chi connectivity index (χ3v) is 9.84. The van der Waals surface area contributed by atoms with E-state index in [0.717, 1.165) is 64.3 Å². The summed E-state index contributed by atoms with van der Waals surface area (Å²) in [6.07, 6.45) is 5.58. The Balaban J connectivity index is 1.27. The highest BCUT2D eigenvalue weighted by Crippen LogP contribution is 2.38. The van der Waals surface area contributed by atoms with Crippen LogP contribution in [0.1, 0.15) is 29.7 Å². The van der Waals surface area contributed by atoms with Crippen LogP contribution in [0, 0.1) is 18.3 Å². The van der Waals surface area contributed by atoms with Gasteiger partial charge in [-0.2, -0.15) is 9.64 Å². The summed E-state index contributed by atoms with van der Waals surface area (Å²) in [5.41, 5.74) is 5.87. The van der Waals surface area contributed by atoms with Crippen LogP contribution < -0.4 is 9.46 Å². The van der Waals surface area contributed by atoms with Crippen LogP contribution in [-0.4, -0.2) is 76.1 Å². The second-order valence-corrected chi connectivity index (χ2v) is 14.1. The molecule has 2 aromatic heterocycles. The van der Waals surface area contributed by atoms with Crippen molar-refractivity contribution < 1.29 is 32.1 Å². The van der Waals surface area contributed by atoms with Crippen molar-refractivity contribution in [3.8, 4) is 39.8 Å². The Morgan fingerprint density at radius 2 is 1.54 bits per heavy atom. The maximum atomic E-state index is 13.0. The molecule has 0 spiro atoms. The molecule has 2 heterocycles.